The van der Waals surface area contributed by atoms with Crippen molar-refractivity contribution >= 4 is 33.1 Å². The molecule has 0 radical (unpaired) electrons. The number of nitrogens with zero attached hydrogens (tertiary/aromatic N) is 4. The molecule has 7 rings (SSSR count). The molecule has 0 amide bonds. The summed E-state index contributed by atoms with van der Waals surface area (Å²) >= 11 is 1.73. The summed E-state index contributed by atoms with van der Waals surface area (Å²) in [5.41, 5.74) is 8.61. The van der Waals surface area contributed by atoms with Crippen LogP contribution in [0.1, 0.15) is 18.4 Å². The van der Waals surface area contributed by atoms with Gasteiger partial charge >= 0.3 is 0 Å². The van der Waals surface area contributed by atoms with Gasteiger partial charge < -0.3 is 4.98 Å². The van der Waals surface area contributed by atoms with Crippen LogP contribution in [0.3, 0.4) is 0 Å². The number of aromatic nitrogens is 5. The van der Waals surface area contributed by atoms with Crippen LogP contribution in [0.2, 0.25) is 0 Å². The van der Waals surface area contributed by atoms with Gasteiger partial charge in [-0.15, -0.1) is 11.3 Å². The van der Waals surface area contributed by atoms with Gasteiger partial charge in [0.2, 0.25) is 0 Å². The van der Waals surface area contributed by atoms with Crippen molar-refractivity contribution in [3.8, 4) is 33.0 Å². The highest BCUT2D eigenvalue weighted by atomic mass is 32.1. The first-order valence-electron chi connectivity index (χ1n) is 12.0. The molecule has 1 aromatic carbocycles. The molecule has 1 aliphatic heterocycles. The van der Waals surface area contributed by atoms with Crippen molar-refractivity contribution in [2.24, 2.45) is 0 Å². The second-order valence-corrected chi connectivity index (χ2v) is 10.2. The van der Waals surface area contributed by atoms with E-state index >= 15 is 0 Å². The first-order valence-corrected chi connectivity index (χ1v) is 12.9. The maximum absolute atomic E-state index is 4.68. The Balaban J connectivity index is 1.28. The Kier molecular flexibility index (Phi) is 4.96. The molecule has 1 fully saturated rings. The number of pyridine rings is 2. The number of thiophene rings is 1. The van der Waals surface area contributed by atoms with Crippen molar-refractivity contribution in [3.63, 3.8) is 0 Å². The molecule has 172 valence electrons. The molecule has 5 aromatic heterocycles. The Morgan fingerprint density at radius 2 is 1.77 bits per heavy atom. The largest absolute Gasteiger partial charge is 0.352 e. The zero-order valence-electron chi connectivity index (χ0n) is 19.2. The molecule has 0 aliphatic carbocycles. The number of fused-ring (bicyclic) bond motifs is 2. The van der Waals surface area contributed by atoms with E-state index in [0.29, 0.717) is 0 Å². The van der Waals surface area contributed by atoms with Gasteiger partial charge in [0.05, 0.1) is 22.9 Å². The van der Waals surface area contributed by atoms with Crippen LogP contribution in [0.4, 0.5) is 0 Å². The SMILES string of the molecule is c1csc(-c2cncc3[nH]c(-c4n[nH]c5ccc(-c6cncc(CN7CCCC7)c6)cc45)cc23)c1. The van der Waals surface area contributed by atoms with Crippen LogP contribution >= 0.6 is 11.3 Å². The Bertz CT molecular complexity index is 1640. The molecule has 6 heterocycles. The van der Waals surface area contributed by atoms with E-state index in [1.807, 2.05) is 24.8 Å². The zero-order chi connectivity index (χ0) is 23.2. The van der Waals surface area contributed by atoms with Gasteiger partial charge in [0.1, 0.15) is 5.69 Å². The highest BCUT2D eigenvalue weighted by Crippen LogP contribution is 2.36. The van der Waals surface area contributed by atoms with Gasteiger partial charge in [0, 0.05) is 51.9 Å². The van der Waals surface area contributed by atoms with E-state index in [2.05, 4.69) is 77.9 Å². The minimum Gasteiger partial charge on any atom is -0.352 e. The number of nitrogens with one attached hydrogen (secondary N) is 2. The Morgan fingerprint density at radius 3 is 2.66 bits per heavy atom. The van der Waals surface area contributed by atoms with Crippen LogP contribution in [0.5, 0.6) is 0 Å². The second-order valence-electron chi connectivity index (χ2n) is 9.21. The van der Waals surface area contributed by atoms with Gasteiger partial charge in [-0.2, -0.15) is 5.10 Å². The van der Waals surface area contributed by atoms with Gasteiger partial charge in [-0.05, 0) is 72.8 Å². The lowest BCUT2D eigenvalue weighted by molar-refractivity contribution is 0.331. The van der Waals surface area contributed by atoms with Gasteiger partial charge in [-0.3, -0.25) is 20.0 Å². The molecule has 2 N–H and O–H groups in total. The number of H-pyrrole nitrogens is 2. The van der Waals surface area contributed by atoms with Gasteiger partial charge in [0.15, 0.2) is 0 Å². The van der Waals surface area contributed by atoms with E-state index in [-0.39, 0.29) is 0 Å². The lowest BCUT2D eigenvalue weighted by Gasteiger charge is -2.14. The van der Waals surface area contributed by atoms with Crippen LogP contribution in [-0.2, 0) is 6.54 Å². The zero-order valence-corrected chi connectivity index (χ0v) is 20.0. The second kappa shape index (κ2) is 8.45. The van der Waals surface area contributed by atoms with E-state index in [9.17, 15) is 0 Å². The Labute approximate surface area is 206 Å². The monoisotopic (exact) mass is 476 g/mol. The summed E-state index contributed by atoms with van der Waals surface area (Å²) in [6.45, 7) is 3.33. The Morgan fingerprint density at radius 1 is 0.857 bits per heavy atom. The number of benzene rings is 1. The van der Waals surface area contributed by atoms with Crippen LogP contribution in [0.15, 0.2) is 72.6 Å². The molecule has 6 nitrogen and oxygen atoms in total. The third kappa shape index (κ3) is 3.73. The summed E-state index contributed by atoms with van der Waals surface area (Å²) in [5.74, 6) is 0. The van der Waals surface area contributed by atoms with Crippen molar-refractivity contribution in [3.05, 3.63) is 78.2 Å². The fourth-order valence-corrected chi connectivity index (χ4v) is 5.89. The molecule has 0 saturated carbocycles. The predicted molar refractivity (Wildman–Crippen MR) is 142 cm³/mol. The Hall–Kier alpha value is -3.81. The lowest BCUT2D eigenvalue weighted by atomic mass is 10.0. The third-order valence-corrected chi connectivity index (χ3v) is 7.79. The fourth-order valence-electron chi connectivity index (χ4n) is 5.14. The molecule has 7 heteroatoms. The predicted octanol–water partition coefficient (Wildman–Crippen LogP) is 6.49. The summed E-state index contributed by atoms with van der Waals surface area (Å²) in [4.78, 5) is 16.3. The first kappa shape index (κ1) is 20.6. The molecular weight excluding hydrogens is 452 g/mol. The molecule has 6 aromatic rings. The molecule has 0 bridgehead atoms. The third-order valence-electron chi connectivity index (χ3n) is 6.88. The summed E-state index contributed by atoms with van der Waals surface area (Å²) in [7, 11) is 0. The van der Waals surface area contributed by atoms with Gasteiger partial charge in [-0.1, -0.05) is 12.1 Å². The van der Waals surface area contributed by atoms with Crippen molar-refractivity contribution in [2.75, 3.05) is 13.1 Å². The van der Waals surface area contributed by atoms with Crippen molar-refractivity contribution < 1.29 is 0 Å². The van der Waals surface area contributed by atoms with E-state index in [1.54, 1.807) is 11.3 Å². The molecule has 0 unspecified atom stereocenters. The first-order chi connectivity index (χ1) is 17.3. The summed E-state index contributed by atoms with van der Waals surface area (Å²) in [6.07, 6.45) is 10.4. The summed E-state index contributed by atoms with van der Waals surface area (Å²) < 4.78 is 0. The number of rotatable bonds is 5. The van der Waals surface area contributed by atoms with E-state index in [0.717, 1.165) is 56.4 Å². The molecular formula is C28H24N6S. The fraction of sp³-hybridized carbons (Fsp3) is 0.179. The molecule has 0 spiro atoms. The van der Waals surface area contributed by atoms with Crippen molar-refractivity contribution in [2.45, 2.75) is 19.4 Å². The number of hydrogen-bond donors (Lipinski definition) is 2. The van der Waals surface area contributed by atoms with Gasteiger partial charge in [0.25, 0.3) is 0 Å². The topological polar surface area (TPSA) is 73.5 Å². The minimum atomic E-state index is 0.913. The number of likely N-dealkylation sites (tertiary alicyclic amines) is 1. The number of hydrogen-bond acceptors (Lipinski definition) is 5. The molecule has 1 saturated heterocycles. The average molecular weight is 477 g/mol. The van der Waals surface area contributed by atoms with Crippen LogP contribution < -0.4 is 0 Å². The van der Waals surface area contributed by atoms with E-state index in [4.69, 9.17) is 0 Å². The summed E-state index contributed by atoms with van der Waals surface area (Å²) in [5, 5.41) is 12.2. The summed E-state index contributed by atoms with van der Waals surface area (Å²) in [6, 6.07) is 15.1. The highest BCUT2D eigenvalue weighted by molar-refractivity contribution is 7.13. The quantitative estimate of drug-likeness (QED) is 0.298. The maximum Gasteiger partial charge on any atom is 0.116 e. The average Bonchev–Trinajstić information content (AvgIpc) is 3.70. The van der Waals surface area contributed by atoms with Crippen LogP contribution in [0, 0.1) is 0 Å². The van der Waals surface area contributed by atoms with Crippen molar-refractivity contribution in [1.29, 1.82) is 0 Å². The normalized spacial score (nSPS) is 14.4. The van der Waals surface area contributed by atoms with Crippen molar-refractivity contribution in [1.82, 2.24) is 30.0 Å². The maximum atomic E-state index is 4.68. The molecule has 0 atom stereocenters. The van der Waals surface area contributed by atoms with Crippen LogP contribution in [-0.4, -0.2) is 43.1 Å². The van der Waals surface area contributed by atoms with E-state index < -0.39 is 0 Å². The smallest absolute Gasteiger partial charge is 0.116 e. The van der Waals surface area contributed by atoms with E-state index in [1.165, 1.54) is 36.4 Å². The minimum absolute atomic E-state index is 0.913. The highest BCUT2D eigenvalue weighted by Gasteiger charge is 2.16. The lowest BCUT2D eigenvalue weighted by Crippen LogP contribution is -2.18. The molecule has 35 heavy (non-hydrogen) atoms. The molecule has 1 aliphatic rings. The standard InChI is InChI=1S/C28H24N6S/c1-2-8-34(7-1)17-18-10-20(14-29-13-18)19-5-6-24-22(11-19)28(33-32-24)25-12-21-23(27-4-3-9-35-27)15-30-16-26(21)31-25/h3-6,9-16,31H,1-2,7-8,17H2,(H,32,33). The van der Waals surface area contributed by atoms with Crippen LogP contribution in [0.25, 0.3) is 54.8 Å². The van der Waals surface area contributed by atoms with Gasteiger partial charge in [-0.25, -0.2) is 0 Å². The number of aromatic amines is 2.